The first kappa shape index (κ1) is 61.0. The number of benzene rings is 12. The Kier molecular flexibility index (Phi) is 16.5. The summed E-state index contributed by atoms with van der Waals surface area (Å²) in [6.07, 6.45) is 3.07. The number of nitrogens with zero attached hydrogens (tertiary/aromatic N) is 7. The summed E-state index contributed by atoms with van der Waals surface area (Å²) in [5, 5.41) is 12.2. The van der Waals surface area contributed by atoms with E-state index in [-0.39, 0.29) is 45.8 Å². The van der Waals surface area contributed by atoms with E-state index in [0.717, 1.165) is 60.9 Å². The molecule has 0 fully saturated rings. The molecule has 0 radical (unpaired) electrons. The number of para-hydroxylation sites is 8. The molecule has 0 aliphatic heterocycles. The van der Waals surface area contributed by atoms with Crippen molar-refractivity contribution in [3.05, 3.63) is 297 Å². The molecule has 0 spiro atoms. The summed E-state index contributed by atoms with van der Waals surface area (Å²) in [5.41, 5.74) is 21.0. The largest absolute Gasteiger partial charge is 1.00 e. The minimum Gasteiger partial charge on any atom is -1.00 e. The molecule has 8 heterocycles. The number of aromatic nitrogens is 8. The predicted octanol–water partition coefficient (Wildman–Crippen LogP) is 20.3. The number of fused-ring (bicyclic) bond motifs is 18. The van der Waals surface area contributed by atoms with Gasteiger partial charge < -0.3 is 24.4 Å². The quantitative estimate of drug-likeness (QED) is 0.136. The Morgan fingerprint density at radius 3 is 1.23 bits per heavy atom. The second kappa shape index (κ2) is 26.0. The Morgan fingerprint density at radius 2 is 0.719 bits per heavy atom. The molecule has 10 nitrogen and oxygen atoms in total. The van der Waals surface area contributed by atoms with Crippen LogP contribution in [0.4, 0.5) is 4.39 Å². The van der Waals surface area contributed by atoms with Crippen LogP contribution in [0, 0.1) is 0 Å². The molecule has 0 amide bonds. The number of alkyl halides is 1. The van der Waals surface area contributed by atoms with Gasteiger partial charge in [0.15, 0.2) is 22.1 Å². The van der Waals surface area contributed by atoms with E-state index in [0.29, 0.717) is 16.3 Å². The molecule has 0 aliphatic rings. The third-order valence-corrected chi connectivity index (χ3v) is 18.0. The van der Waals surface area contributed by atoms with Crippen molar-refractivity contribution in [1.82, 2.24) is 38.6 Å². The number of hydrogen-bond acceptors (Lipinski definition) is 6. The van der Waals surface area contributed by atoms with Crippen molar-refractivity contribution in [2.45, 2.75) is 14.9 Å². The van der Waals surface area contributed by atoms with Gasteiger partial charge in [0.25, 0.3) is 0 Å². The van der Waals surface area contributed by atoms with Crippen LogP contribution < -0.4 is 29.6 Å². The number of aromatic amines is 1. The maximum atomic E-state index is 9.96. The van der Waals surface area contributed by atoms with Crippen LogP contribution in [-0.4, -0.2) is 45.8 Å². The van der Waals surface area contributed by atoms with Crippen molar-refractivity contribution in [1.29, 1.82) is 0 Å². The number of furan rings is 2. The van der Waals surface area contributed by atoms with E-state index in [4.69, 9.17) is 26.8 Å². The summed E-state index contributed by atoms with van der Waals surface area (Å²) in [7, 11) is -1.00. The molecule has 1 N–H and O–H groups in total. The van der Waals surface area contributed by atoms with E-state index in [1.807, 2.05) is 48.5 Å². The van der Waals surface area contributed by atoms with Gasteiger partial charge in [0.1, 0.15) is 34.9 Å². The van der Waals surface area contributed by atoms with Gasteiger partial charge in [-0.2, -0.15) is 0 Å². The van der Waals surface area contributed by atoms with Crippen molar-refractivity contribution >= 4 is 143 Å². The van der Waals surface area contributed by atoms with Crippen molar-refractivity contribution in [2.75, 3.05) is 7.15 Å². The Morgan fingerprint density at radius 1 is 0.365 bits per heavy atom. The fourth-order valence-electron chi connectivity index (χ4n) is 13.6. The molecule has 96 heavy (non-hydrogen) atoms. The van der Waals surface area contributed by atoms with Crippen molar-refractivity contribution < 1.29 is 45.6 Å². The van der Waals surface area contributed by atoms with Gasteiger partial charge in [0.2, 0.25) is 0 Å². The fourth-order valence-corrected chi connectivity index (χ4v) is 13.8. The van der Waals surface area contributed by atoms with Crippen LogP contribution >= 0.6 is 11.6 Å². The molecule has 8 aromatic heterocycles. The zero-order valence-corrected chi connectivity index (χ0v) is 53.4. The molecule has 13 heteroatoms. The fraction of sp³-hybridized carbons (Fsp3) is 0.0361. The molecule has 0 unspecified atom stereocenters. The Labute approximate surface area is 581 Å². The van der Waals surface area contributed by atoms with Crippen LogP contribution in [-0.2, 0) is 0 Å². The summed E-state index contributed by atoms with van der Waals surface area (Å²) in [5.74, 6) is 0.741. The first-order chi connectivity index (χ1) is 46.5. The Hall–Kier alpha value is -11.2. The zero-order valence-electron chi connectivity index (χ0n) is 52.6. The maximum absolute atomic E-state index is 9.96. The Bertz CT molecular complexity index is 6300. The van der Waals surface area contributed by atoms with Crippen molar-refractivity contribution in [2.24, 2.45) is 0 Å². The number of rotatable bonds is 5. The molecule has 0 aliphatic carbocycles. The third kappa shape index (κ3) is 10.4. The number of hydrogen-bond donors (Lipinski definition) is 1. The van der Waals surface area contributed by atoms with E-state index in [1.54, 1.807) is 6.33 Å². The monoisotopic (exact) mass is 1280 g/mol. The van der Waals surface area contributed by atoms with E-state index in [9.17, 15) is 4.39 Å². The van der Waals surface area contributed by atoms with Crippen LogP contribution in [0.25, 0.3) is 171 Å². The molecule has 460 valence electrons. The topological polar surface area (TPSA) is 108 Å². The van der Waals surface area contributed by atoms with Gasteiger partial charge in [-0.05, 0) is 144 Å². The van der Waals surface area contributed by atoms with E-state index in [1.165, 1.54) is 105 Å². The van der Waals surface area contributed by atoms with Gasteiger partial charge in [-0.3, -0.25) is 8.96 Å². The number of halogens is 2. The molecule has 0 atom stereocenters. The normalized spacial score (nSPS) is 11.4. The van der Waals surface area contributed by atoms with Gasteiger partial charge in [0, 0.05) is 76.3 Å². The van der Waals surface area contributed by atoms with E-state index in [2.05, 4.69) is 264 Å². The van der Waals surface area contributed by atoms with E-state index >= 15 is 0 Å². The predicted molar refractivity (Wildman–Crippen MR) is 395 cm³/mol. The molecule has 20 rings (SSSR count). The maximum Gasteiger partial charge on any atom is 1.00 e. The van der Waals surface area contributed by atoms with E-state index < -0.39 is 7.15 Å². The first-order valence-electron chi connectivity index (χ1n) is 31.2. The average Bonchev–Trinajstić information content (AvgIpc) is 1.58. The number of H-pyrrole nitrogens is 1. The second-order valence-corrected chi connectivity index (χ2v) is 23.1. The molecular weight excluding hydrogens is 1220 g/mol. The van der Waals surface area contributed by atoms with Gasteiger partial charge in [-0.25, -0.2) is 19.9 Å². The van der Waals surface area contributed by atoms with Gasteiger partial charge >= 0.3 is 29.6 Å². The van der Waals surface area contributed by atoms with Crippen molar-refractivity contribution in [3.63, 3.8) is 0 Å². The van der Waals surface area contributed by atoms with Gasteiger partial charge in [0.05, 0.1) is 41.6 Å². The summed E-state index contributed by atoms with van der Waals surface area (Å²) >= 11 is 5.88. The second-order valence-electron chi connectivity index (χ2n) is 22.8. The minimum atomic E-state index is -1.00. The minimum absolute atomic E-state index is 0. The first-order valence-corrected chi connectivity index (χ1v) is 30.8. The molecular formula is C83H61ClFN8NaO2. The SMILES string of the molecule is C.C.Clc1ncnc2c1oc1ccccc12.[2H]CF.[H-].[Na+].c1ccc(-n2c3ccccc3c3cc(-c4ccc5[nH]c6ccccc6c5c4)ccc32)cc1.c1ccc(-n2c3ccccc3c3cc(-c4ccc5c(c4)c4ccccc4n5-c4ncnc5c4oc4ccccc45)ccc32)cc1. The Balaban J connectivity index is 0.000000142. The summed E-state index contributed by atoms with van der Waals surface area (Å²) in [4.78, 5) is 20.9. The molecule has 0 saturated heterocycles. The van der Waals surface area contributed by atoms with Crippen LogP contribution in [0.15, 0.2) is 301 Å². The van der Waals surface area contributed by atoms with Gasteiger partial charge in [-0.1, -0.05) is 184 Å². The summed E-state index contributed by atoms with van der Waals surface area (Å²) in [6, 6.07) is 98.4. The van der Waals surface area contributed by atoms with Crippen LogP contribution in [0.5, 0.6) is 0 Å². The van der Waals surface area contributed by atoms with Crippen LogP contribution in [0.2, 0.25) is 5.15 Å². The molecule has 0 bridgehead atoms. The molecule has 12 aromatic carbocycles. The van der Waals surface area contributed by atoms with Crippen LogP contribution in [0.1, 0.15) is 17.7 Å². The van der Waals surface area contributed by atoms with Crippen molar-refractivity contribution in [3.8, 4) is 39.4 Å². The van der Waals surface area contributed by atoms with Gasteiger partial charge in [-0.15, -0.1) is 0 Å². The zero-order chi connectivity index (χ0) is 62.8. The average molecular weight is 1280 g/mol. The molecule has 0 saturated carbocycles. The summed E-state index contributed by atoms with van der Waals surface area (Å²) in [6.45, 7) is 0. The summed E-state index contributed by atoms with van der Waals surface area (Å²) < 4.78 is 34.3. The molecule has 20 aromatic rings. The van der Waals surface area contributed by atoms with Crippen LogP contribution in [0.3, 0.4) is 0 Å². The smallest absolute Gasteiger partial charge is 1.00 e. The number of nitrogens with one attached hydrogen (secondary N) is 1. The third-order valence-electron chi connectivity index (χ3n) is 17.7. The standard InChI is InChI=1S/C40H24N4O.C30H20N2.C10H5ClN2O.CH3F.2CH4.Na.H/c1-2-10-27(11-3-1)43-33-15-7-4-12-28(33)31-22-25(18-20-35(31)43)26-19-21-36-32(23-26)29-13-5-8-16-34(29)44(36)40-39-38(41-24-42-40)30-14-6-9-17-37(30)45-39;1-2-8-22(9-3-1)32-29-13-7-5-11-24(29)26-19-21(15-17-30(26)32)20-14-16-28-25(18-20)23-10-4-6-12-27(23)31-28;11-10-9-8(12-5-13-10)6-3-1-2-4-7(6)14-9;1-2;;;;/h1-24H;1-19,31H;1-5H;1H3;2*1H4;;/q;;;;;;+1;-1/i;;;1D;;;;.